The van der Waals surface area contributed by atoms with Crippen molar-refractivity contribution in [1.82, 2.24) is 15.3 Å². The van der Waals surface area contributed by atoms with Crippen LogP contribution in [0.2, 0.25) is 0 Å². The summed E-state index contributed by atoms with van der Waals surface area (Å²) in [6.45, 7) is 2.29. The molecule has 0 spiro atoms. The van der Waals surface area contributed by atoms with Crippen molar-refractivity contribution >= 4 is 16.8 Å². The van der Waals surface area contributed by atoms with E-state index in [4.69, 9.17) is 4.74 Å². The maximum absolute atomic E-state index is 13.3. The smallest absolute Gasteiger partial charge is 0.255 e. The van der Waals surface area contributed by atoms with Gasteiger partial charge in [-0.3, -0.25) is 4.79 Å². The summed E-state index contributed by atoms with van der Waals surface area (Å²) in [4.78, 5) is 20.4. The summed E-state index contributed by atoms with van der Waals surface area (Å²) >= 11 is 0. The van der Waals surface area contributed by atoms with Crippen LogP contribution in [0.25, 0.3) is 22.0 Å². The number of amides is 1. The molecule has 0 aliphatic heterocycles. The quantitative estimate of drug-likeness (QED) is 0.311. The number of nitrogens with zero attached hydrogens (tertiary/aromatic N) is 1. The third-order valence-corrected chi connectivity index (χ3v) is 5.46. The second-order valence-electron chi connectivity index (χ2n) is 7.88. The van der Waals surface area contributed by atoms with E-state index < -0.39 is 6.04 Å². The summed E-state index contributed by atoms with van der Waals surface area (Å²) in [5, 5.41) is 23.5. The molecule has 0 aliphatic rings. The van der Waals surface area contributed by atoms with E-state index in [0.29, 0.717) is 24.3 Å². The summed E-state index contributed by atoms with van der Waals surface area (Å²) < 4.78 is 5.81. The maximum Gasteiger partial charge on any atom is 0.255 e. The molecule has 7 heteroatoms. The average Bonchev–Trinajstić information content (AvgIpc) is 3.25. The fraction of sp³-hybridized carbons (Fsp3) is 0.231. The van der Waals surface area contributed by atoms with Crippen molar-refractivity contribution in [3.05, 3.63) is 78.1 Å². The van der Waals surface area contributed by atoms with Crippen LogP contribution in [0.4, 0.5) is 0 Å². The van der Waals surface area contributed by atoms with Crippen LogP contribution >= 0.6 is 0 Å². The molecular weight excluding hydrogens is 418 g/mol. The highest BCUT2D eigenvalue weighted by molar-refractivity contribution is 5.98. The summed E-state index contributed by atoms with van der Waals surface area (Å²) in [5.74, 6) is 0.0879. The van der Waals surface area contributed by atoms with Crippen LogP contribution in [0.1, 0.15) is 29.3 Å². The number of fused-ring (bicyclic) bond motifs is 1. The molecule has 1 atom stereocenters. The highest BCUT2D eigenvalue weighted by Gasteiger charge is 2.19. The predicted molar refractivity (Wildman–Crippen MR) is 127 cm³/mol. The van der Waals surface area contributed by atoms with Crippen molar-refractivity contribution in [2.45, 2.75) is 25.8 Å². The second-order valence-corrected chi connectivity index (χ2v) is 7.88. The normalized spacial score (nSPS) is 11.9. The third-order valence-electron chi connectivity index (χ3n) is 5.46. The number of H-pyrrole nitrogens is 1. The van der Waals surface area contributed by atoms with Crippen molar-refractivity contribution < 1.29 is 19.7 Å². The molecule has 0 aliphatic carbocycles. The molecule has 7 nitrogen and oxygen atoms in total. The van der Waals surface area contributed by atoms with E-state index in [2.05, 4.69) is 15.3 Å². The van der Waals surface area contributed by atoms with Gasteiger partial charge >= 0.3 is 0 Å². The lowest BCUT2D eigenvalue weighted by molar-refractivity contribution is 0.0912. The van der Waals surface area contributed by atoms with Crippen LogP contribution < -0.4 is 10.1 Å². The van der Waals surface area contributed by atoms with E-state index in [1.165, 1.54) is 6.07 Å². The lowest BCUT2D eigenvalue weighted by atomic mass is 10.0. The molecule has 33 heavy (non-hydrogen) atoms. The number of aromatic nitrogens is 2. The Kier molecular flexibility index (Phi) is 6.90. The SMILES string of the molecule is CCCOc1ccc(-c2ccc(O)nc2)cc1C(=O)NC(CO)Cc1c[nH]c2ccccc12. The first-order chi connectivity index (χ1) is 16.1. The van der Waals surface area contributed by atoms with Gasteiger partial charge in [-0.2, -0.15) is 0 Å². The van der Waals surface area contributed by atoms with Crippen LogP contribution in [-0.2, 0) is 6.42 Å². The fourth-order valence-electron chi connectivity index (χ4n) is 3.77. The Bertz CT molecular complexity index is 1230. The van der Waals surface area contributed by atoms with Crippen LogP contribution in [-0.4, -0.2) is 45.3 Å². The van der Waals surface area contributed by atoms with Gasteiger partial charge in [0.05, 0.1) is 24.8 Å². The van der Waals surface area contributed by atoms with E-state index in [1.54, 1.807) is 24.4 Å². The van der Waals surface area contributed by atoms with Gasteiger partial charge in [0.2, 0.25) is 5.88 Å². The highest BCUT2D eigenvalue weighted by atomic mass is 16.5. The number of aromatic amines is 1. The Morgan fingerprint density at radius 2 is 1.97 bits per heavy atom. The number of carbonyl (C=O) groups excluding carboxylic acids is 1. The first kappa shape index (κ1) is 22.4. The van der Waals surface area contributed by atoms with Gasteiger partial charge < -0.3 is 25.3 Å². The number of ether oxygens (including phenoxy) is 1. The van der Waals surface area contributed by atoms with Crippen LogP contribution in [0.3, 0.4) is 0 Å². The molecule has 1 unspecified atom stereocenters. The highest BCUT2D eigenvalue weighted by Crippen LogP contribution is 2.28. The Balaban J connectivity index is 1.58. The van der Waals surface area contributed by atoms with Gasteiger partial charge in [0.1, 0.15) is 5.75 Å². The van der Waals surface area contributed by atoms with Crippen molar-refractivity contribution in [2.75, 3.05) is 13.2 Å². The van der Waals surface area contributed by atoms with Crippen molar-refractivity contribution in [3.63, 3.8) is 0 Å². The lowest BCUT2D eigenvalue weighted by Crippen LogP contribution is -2.39. The number of hydrogen-bond donors (Lipinski definition) is 4. The number of rotatable bonds is 9. The minimum Gasteiger partial charge on any atom is -0.493 e. The van der Waals surface area contributed by atoms with E-state index >= 15 is 0 Å². The summed E-state index contributed by atoms with van der Waals surface area (Å²) in [5.41, 5.74) is 3.96. The molecule has 0 saturated heterocycles. The van der Waals surface area contributed by atoms with Crippen LogP contribution in [0.15, 0.2) is 67.0 Å². The second kappa shape index (κ2) is 10.2. The van der Waals surface area contributed by atoms with Crippen LogP contribution in [0, 0.1) is 0 Å². The Hall–Kier alpha value is -3.84. The van der Waals surface area contributed by atoms with Gasteiger partial charge in [0.25, 0.3) is 5.91 Å². The molecule has 1 amide bonds. The molecule has 0 saturated carbocycles. The molecule has 2 aromatic heterocycles. The molecule has 170 valence electrons. The molecule has 4 rings (SSSR count). The van der Waals surface area contributed by atoms with E-state index in [9.17, 15) is 15.0 Å². The van der Waals surface area contributed by atoms with Gasteiger partial charge in [-0.25, -0.2) is 4.98 Å². The minimum atomic E-state index is -0.463. The zero-order chi connectivity index (χ0) is 23.2. The van der Waals surface area contributed by atoms with E-state index in [0.717, 1.165) is 34.0 Å². The molecule has 2 aromatic carbocycles. The molecule has 4 N–H and O–H groups in total. The fourth-order valence-corrected chi connectivity index (χ4v) is 3.77. The number of hydrogen-bond acceptors (Lipinski definition) is 5. The molecule has 4 aromatic rings. The Morgan fingerprint density at radius 1 is 1.15 bits per heavy atom. The molecule has 0 radical (unpaired) electrons. The van der Waals surface area contributed by atoms with E-state index in [1.807, 2.05) is 43.5 Å². The summed E-state index contributed by atoms with van der Waals surface area (Å²) in [6.07, 6.45) is 4.75. The van der Waals surface area contributed by atoms with Crippen molar-refractivity contribution in [1.29, 1.82) is 0 Å². The van der Waals surface area contributed by atoms with Crippen LogP contribution in [0.5, 0.6) is 11.6 Å². The molecule has 0 bridgehead atoms. The lowest BCUT2D eigenvalue weighted by Gasteiger charge is -2.18. The van der Waals surface area contributed by atoms with E-state index in [-0.39, 0.29) is 18.4 Å². The predicted octanol–water partition coefficient (Wildman–Crippen LogP) is 4.06. The number of aliphatic hydroxyl groups is 1. The standard InChI is InChI=1S/C26H27N3O4/c1-2-11-33-24-9-7-17(18-8-10-25(31)28-14-18)13-22(24)26(32)29-20(16-30)12-19-15-27-23-6-4-3-5-21(19)23/h3-10,13-15,20,27,30H,2,11-12,16H2,1H3,(H,28,31)(H,29,32). The minimum absolute atomic E-state index is 0.0670. The van der Waals surface area contributed by atoms with Gasteiger partial charge in [-0.1, -0.05) is 31.2 Å². The zero-order valence-corrected chi connectivity index (χ0v) is 18.4. The van der Waals surface area contributed by atoms with Crippen molar-refractivity contribution in [3.8, 4) is 22.8 Å². The third kappa shape index (κ3) is 5.15. The Morgan fingerprint density at radius 3 is 2.73 bits per heavy atom. The number of para-hydroxylation sites is 1. The number of nitrogens with one attached hydrogen (secondary N) is 2. The topological polar surface area (TPSA) is 107 Å². The van der Waals surface area contributed by atoms with Crippen molar-refractivity contribution in [2.24, 2.45) is 0 Å². The number of aromatic hydroxyl groups is 1. The van der Waals surface area contributed by atoms with Gasteiger partial charge in [-0.05, 0) is 48.2 Å². The number of carbonyl (C=O) groups is 1. The number of benzene rings is 2. The monoisotopic (exact) mass is 445 g/mol. The number of aliphatic hydroxyl groups excluding tert-OH is 1. The summed E-state index contributed by atoms with van der Waals surface area (Å²) in [7, 11) is 0. The molecular formula is C26H27N3O4. The number of pyridine rings is 1. The van der Waals surface area contributed by atoms with Gasteiger partial charge in [0.15, 0.2) is 0 Å². The maximum atomic E-state index is 13.3. The van der Waals surface area contributed by atoms with Gasteiger partial charge in [-0.15, -0.1) is 0 Å². The summed E-state index contributed by atoms with van der Waals surface area (Å²) in [6, 6.07) is 16.1. The molecule has 0 fully saturated rings. The first-order valence-corrected chi connectivity index (χ1v) is 11.0. The molecule has 2 heterocycles. The average molecular weight is 446 g/mol. The Labute approximate surface area is 192 Å². The van der Waals surface area contributed by atoms with Gasteiger partial charge in [0, 0.05) is 34.9 Å². The largest absolute Gasteiger partial charge is 0.493 e. The zero-order valence-electron chi connectivity index (χ0n) is 18.4. The first-order valence-electron chi connectivity index (χ1n) is 11.0.